The number of rotatable bonds is 6. The second-order valence-corrected chi connectivity index (χ2v) is 24.1. The van der Waals surface area contributed by atoms with Crippen LogP contribution in [0.15, 0.2) is 22.9 Å². The van der Waals surface area contributed by atoms with Crippen molar-refractivity contribution in [2.24, 2.45) is 0 Å². The van der Waals surface area contributed by atoms with Crippen molar-refractivity contribution in [1.29, 1.82) is 0 Å². The summed E-state index contributed by atoms with van der Waals surface area (Å²) < 4.78 is 28.0. The van der Waals surface area contributed by atoms with Gasteiger partial charge in [0.1, 0.15) is 18.0 Å². The highest BCUT2D eigenvalue weighted by Crippen LogP contribution is 2.56. The molecular weight excluding hydrogens is 477 g/mol. The average molecular weight is 525 g/mol. The monoisotopic (exact) mass is 524 g/mol. The molecule has 0 amide bonds. The zero-order chi connectivity index (χ0) is 25.7. The summed E-state index contributed by atoms with van der Waals surface area (Å²) in [6.45, 7) is 28.3. The Morgan fingerprint density at radius 1 is 0.971 bits per heavy atom. The maximum atomic E-state index is 7.41. The normalized spacial score (nSPS) is 26.0. The summed E-state index contributed by atoms with van der Waals surface area (Å²) in [6.07, 6.45) is 1.74. The van der Waals surface area contributed by atoms with Gasteiger partial charge in [0.2, 0.25) is 8.32 Å². The molecule has 0 N–H and O–H groups in total. The van der Waals surface area contributed by atoms with E-state index in [9.17, 15) is 0 Å². The summed E-state index contributed by atoms with van der Waals surface area (Å²) >= 11 is 1.69. The minimum absolute atomic E-state index is 0.0826. The molecule has 0 aliphatic carbocycles. The van der Waals surface area contributed by atoms with Crippen molar-refractivity contribution >= 4 is 34.0 Å². The van der Waals surface area contributed by atoms with Crippen molar-refractivity contribution in [3.05, 3.63) is 28.5 Å². The zero-order valence-corrected chi connectivity index (χ0v) is 26.3. The van der Waals surface area contributed by atoms with E-state index in [4.69, 9.17) is 18.0 Å². The first-order chi connectivity index (χ1) is 15.6. The summed E-state index contributed by atoms with van der Waals surface area (Å²) in [7, 11) is -4.80. The van der Waals surface area contributed by atoms with Gasteiger partial charge in [0.05, 0.1) is 12.7 Å². The third-order valence-electron chi connectivity index (χ3n) is 7.86. The van der Waals surface area contributed by atoms with E-state index in [1.54, 1.807) is 11.3 Å². The number of hydrogen-bond acceptors (Lipinski definition) is 5. The van der Waals surface area contributed by atoms with E-state index in [1.165, 1.54) is 0 Å². The van der Waals surface area contributed by atoms with Crippen molar-refractivity contribution in [2.75, 3.05) is 6.61 Å². The molecule has 1 fully saturated rings. The highest BCUT2D eigenvalue weighted by Gasteiger charge is 2.64. The van der Waals surface area contributed by atoms with E-state index in [-0.39, 0.29) is 28.4 Å². The molecule has 2 aliphatic rings. The maximum absolute atomic E-state index is 7.41. The first kappa shape index (κ1) is 28.1. The summed E-state index contributed by atoms with van der Waals surface area (Å²) in [5.74, 6) is 0.902. The smallest absolute Gasteiger partial charge is 0.349 e. The molecule has 4 nitrogen and oxygen atoms in total. The Labute approximate surface area is 214 Å². The van der Waals surface area contributed by atoms with Gasteiger partial charge in [-0.1, -0.05) is 83.1 Å². The molecule has 3 atom stereocenters. The molecule has 194 valence electrons. The topological polar surface area (TPSA) is 36.9 Å². The van der Waals surface area contributed by atoms with Crippen molar-refractivity contribution in [3.8, 4) is 0 Å². The van der Waals surface area contributed by atoms with Crippen LogP contribution < -0.4 is 0 Å². The van der Waals surface area contributed by atoms with Crippen LogP contribution in [0.3, 0.4) is 0 Å². The molecule has 0 bridgehead atoms. The average Bonchev–Trinajstić information content (AvgIpc) is 3.23. The Balaban J connectivity index is 2.11. The van der Waals surface area contributed by atoms with Gasteiger partial charge < -0.3 is 18.0 Å². The first-order valence-corrected chi connectivity index (χ1v) is 17.9. The van der Waals surface area contributed by atoms with Crippen LogP contribution in [0.2, 0.25) is 26.7 Å². The fraction of sp³-hybridized carbons (Fsp3) is 0.778. The van der Waals surface area contributed by atoms with Crippen molar-refractivity contribution in [3.63, 3.8) is 0 Å². The molecular formula is C27H48O4SSi2. The molecule has 0 aromatic carbocycles. The third-order valence-corrected chi connectivity index (χ3v) is 19.8. The Kier molecular flexibility index (Phi) is 8.10. The molecule has 1 aromatic rings. The molecule has 0 spiro atoms. The molecule has 3 heterocycles. The lowest BCUT2D eigenvalue weighted by Crippen LogP contribution is -2.68. The van der Waals surface area contributed by atoms with E-state index in [1.807, 2.05) is 0 Å². The van der Waals surface area contributed by atoms with Gasteiger partial charge in [0.15, 0.2) is 0 Å². The van der Waals surface area contributed by atoms with Gasteiger partial charge in [0, 0.05) is 21.0 Å². The zero-order valence-electron chi connectivity index (χ0n) is 23.5. The van der Waals surface area contributed by atoms with Crippen LogP contribution in [0, 0.1) is 0 Å². The van der Waals surface area contributed by atoms with Gasteiger partial charge in [0.25, 0.3) is 0 Å². The number of ether oxygens (including phenoxy) is 1. The van der Waals surface area contributed by atoms with E-state index >= 15 is 0 Å². The Bertz CT molecular complexity index is 813. The van der Waals surface area contributed by atoms with Gasteiger partial charge in [-0.25, -0.2) is 0 Å². The van der Waals surface area contributed by atoms with Crippen LogP contribution in [0.25, 0.3) is 5.76 Å². The number of thiophene rings is 1. The predicted octanol–water partition coefficient (Wildman–Crippen LogP) is 8.51. The minimum atomic E-state index is -2.65. The molecule has 7 heteroatoms. The number of hydrogen-bond donors (Lipinski definition) is 0. The van der Waals surface area contributed by atoms with E-state index < -0.39 is 16.9 Å². The second-order valence-electron chi connectivity index (χ2n) is 13.1. The van der Waals surface area contributed by atoms with Gasteiger partial charge in [-0.15, -0.1) is 0 Å². The maximum Gasteiger partial charge on any atom is 0.349 e. The minimum Gasteiger partial charge on any atom is -0.485 e. The lowest BCUT2D eigenvalue weighted by atomic mass is 10.0. The van der Waals surface area contributed by atoms with Crippen LogP contribution in [-0.4, -0.2) is 41.8 Å². The van der Waals surface area contributed by atoms with Gasteiger partial charge in [-0.2, -0.15) is 11.3 Å². The first-order valence-electron chi connectivity index (χ1n) is 13.0. The molecule has 0 saturated carbocycles. The summed E-state index contributed by atoms with van der Waals surface area (Å²) in [5.41, 5.74) is 2.61. The molecule has 0 unspecified atom stereocenters. The Hall–Kier alpha value is -0.446. The SMILES string of the molecule is CC(C)[Si](O[C@@H]1C=C(c2ccsc2)O[C@@H]2CO[Si](C(C)(C)C)(C(C)(C)C)O[C@@H]12)(C(C)C)C(C)C. The number of fused-ring (bicyclic) bond motifs is 1. The molecule has 1 aromatic heterocycles. The molecule has 1 saturated heterocycles. The summed E-state index contributed by atoms with van der Waals surface area (Å²) in [4.78, 5) is 0. The van der Waals surface area contributed by atoms with Crippen LogP contribution in [0.5, 0.6) is 0 Å². The van der Waals surface area contributed by atoms with Crippen LogP contribution in [0.1, 0.15) is 88.6 Å². The highest BCUT2D eigenvalue weighted by atomic mass is 32.1. The standard InChI is InChI=1S/C27H48O4SSi2/c1-18(2)33(19(3)4,20(5)6)30-23-15-22(21-13-14-32-17-21)29-24-16-28-34(26(7,8)9,27(10,11)12)31-25(23)24/h13-15,17-20,23-25H,16H2,1-12H3/t23-,24-,25+/m1/s1. The second kappa shape index (κ2) is 9.78. The molecule has 34 heavy (non-hydrogen) atoms. The van der Waals surface area contributed by atoms with E-state index in [0.29, 0.717) is 23.2 Å². The van der Waals surface area contributed by atoms with Crippen LogP contribution in [0.4, 0.5) is 0 Å². The quantitative estimate of drug-likeness (QED) is 0.350. The predicted molar refractivity (Wildman–Crippen MR) is 149 cm³/mol. The fourth-order valence-electron chi connectivity index (χ4n) is 6.65. The van der Waals surface area contributed by atoms with Gasteiger partial charge >= 0.3 is 8.56 Å². The van der Waals surface area contributed by atoms with Gasteiger partial charge in [-0.05, 0) is 34.1 Å². The highest BCUT2D eigenvalue weighted by molar-refractivity contribution is 7.08. The van der Waals surface area contributed by atoms with Crippen molar-refractivity contribution in [2.45, 2.75) is 128 Å². The van der Waals surface area contributed by atoms with Crippen LogP contribution >= 0.6 is 11.3 Å². The third kappa shape index (κ3) is 4.77. The van der Waals surface area contributed by atoms with Crippen molar-refractivity contribution in [1.82, 2.24) is 0 Å². The molecule has 2 aliphatic heterocycles. The van der Waals surface area contributed by atoms with Crippen LogP contribution in [-0.2, 0) is 18.0 Å². The van der Waals surface area contributed by atoms with Gasteiger partial charge in [-0.3, -0.25) is 0 Å². The Morgan fingerprint density at radius 2 is 1.53 bits per heavy atom. The van der Waals surface area contributed by atoms with Crippen molar-refractivity contribution < 1.29 is 18.0 Å². The fourth-order valence-corrected chi connectivity index (χ4v) is 17.7. The largest absolute Gasteiger partial charge is 0.485 e. The van der Waals surface area contributed by atoms with E-state index in [2.05, 4.69) is 106 Å². The molecule has 0 radical (unpaired) electrons. The lowest BCUT2D eigenvalue weighted by molar-refractivity contribution is -0.113. The summed E-state index contributed by atoms with van der Waals surface area (Å²) in [6, 6.07) is 2.12. The Morgan fingerprint density at radius 3 is 1.97 bits per heavy atom. The lowest BCUT2D eigenvalue weighted by Gasteiger charge is -2.57. The van der Waals surface area contributed by atoms with E-state index in [0.717, 1.165) is 11.3 Å². The molecule has 3 rings (SSSR count). The summed E-state index contributed by atoms with van der Waals surface area (Å²) in [5, 5.41) is 4.08.